The highest BCUT2D eigenvalue weighted by molar-refractivity contribution is 5.80. The molecule has 0 bridgehead atoms. The van der Waals surface area contributed by atoms with E-state index in [1.165, 1.54) is 0 Å². The van der Waals surface area contributed by atoms with Crippen LogP contribution in [0.3, 0.4) is 0 Å². The lowest BCUT2D eigenvalue weighted by Crippen LogP contribution is -2.50. The second-order valence-corrected chi connectivity index (χ2v) is 8.44. The Morgan fingerprint density at radius 3 is 2.43 bits per heavy atom. The van der Waals surface area contributed by atoms with Crippen molar-refractivity contribution in [3.63, 3.8) is 0 Å². The Morgan fingerprint density at radius 1 is 1.11 bits per heavy atom. The van der Waals surface area contributed by atoms with Gasteiger partial charge in [-0.2, -0.15) is 18.7 Å². The minimum absolute atomic E-state index is 0.0460. The van der Waals surface area contributed by atoms with Gasteiger partial charge in [-0.15, -0.1) is 0 Å². The zero-order chi connectivity index (χ0) is 20.5. The lowest BCUT2D eigenvalue weighted by atomic mass is 9.84. The van der Waals surface area contributed by atoms with Crippen LogP contribution >= 0.6 is 0 Å². The van der Waals surface area contributed by atoms with E-state index in [2.05, 4.69) is 10.8 Å². The number of nitrogens with one attached hydrogen (secondary N) is 2. The van der Waals surface area contributed by atoms with Gasteiger partial charge in [-0.05, 0) is 39.5 Å². The number of halogens is 4. The first-order chi connectivity index (χ1) is 13.2. The molecule has 0 aromatic rings. The number of amides is 1. The summed E-state index contributed by atoms with van der Waals surface area (Å²) in [7, 11) is 0. The minimum atomic E-state index is -4.31. The van der Waals surface area contributed by atoms with Crippen LogP contribution in [0, 0.1) is 11.8 Å². The highest BCUT2D eigenvalue weighted by Gasteiger charge is 2.48. The molecule has 3 fully saturated rings. The van der Waals surface area contributed by atoms with E-state index in [0.29, 0.717) is 32.1 Å². The Labute approximate surface area is 162 Å². The van der Waals surface area contributed by atoms with E-state index in [1.54, 1.807) is 6.92 Å². The average Bonchev–Trinajstić information content (AvgIpc) is 2.95. The maximum absolute atomic E-state index is 14.7. The van der Waals surface area contributed by atoms with Crippen LogP contribution in [0.2, 0.25) is 0 Å². The molecule has 8 unspecified atom stereocenters. The predicted octanol–water partition coefficient (Wildman–Crippen LogP) is 3.43. The van der Waals surface area contributed by atoms with Crippen LogP contribution in [-0.4, -0.2) is 48.7 Å². The lowest BCUT2D eigenvalue weighted by molar-refractivity contribution is -0.228. The summed E-state index contributed by atoms with van der Waals surface area (Å²) in [4.78, 5) is 17.7. The zero-order valence-corrected chi connectivity index (χ0v) is 16.3. The number of hydroxylamine groups is 1. The van der Waals surface area contributed by atoms with Crippen LogP contribution in [-0.2, 0) is 14.4 Å². The maximum atomic E-state index is 14.7. The first-order valence-electron chi connectivity index (χ1n) is 10.2. The number of hydrogen-bond donors (Lipinski definition) is 2. The highest BCUT2D eigenvalue weighted by atomic mass is 19.4. The molecule has 0 radical (unpaired) electrons. The smallest absolute Gasteiger partial charge is 0.371 e. The van der Waals surface area contributed by atoms with E-state index in [9.17, 15) is 22.4 Å². The van der Waals surface area contributed by atoms with Gasteiger partial charge >= 0.3 is 6.18 Å². The molecule has 1 heterocycles. The maximum Gasteiger partial charge on any atom is 0.394 e. The van der Waals surface area contributed by atoms with Gasteiger partial charge < -0.3 is 10.1 Å². The van der Waals surface area contributed by atoms with Crippen LogP contribution < -0.4 is 10.8 Å². The largest absolute Gasteiger partial charge is 0.394 e. The Kier molecular flexibility index (Phi) is 6.87. The van der Waals surface area contributed by atoms with Crippen molar-refractivity contribution >= 4 is 5.91 Å². The van der Waals surface area contributed by atoms with E-state index < -0.39 is 30.5 Å². The normalized spacial score (nSPS) is 42.4. The molecular formula is C19H30F4N2O3. The Bertz CT molecular complexity index is 538. The SMILES string of the molecule is CC1NOC(C)C1C(=O)NC1CCC(OC2CCCCC2C(F)(F)F)C(F)C1. The molecule has 1 amide bonds. The molecule has 0 aromatic heterocycles. The van der Waals surface area contributed by atoms with E-state index in [1.807, 2.05) is 6.92 Å². The van der Waals surface area contributed by atoms with Gasteiger partial charge in [0.2, 0.25) is 5.91 Å². The first-order valence-corrected chi connectivity index (χ1v) is 10.2. The van der Waals surface area contributed by atoms with Crippen LogP contribution in [0.25, 0.3) is 0 Å². The molecule has 162 valence electrons. The van der Waals surface area contributed by atoms with Crippen molar-refractivity contribution in [2.45, 2.75) is 102 Å². The molecule has 2 saturated carbocycles. The average molecular weight is 410 g/mol. The van der Waals surface area contributed by atoms with Crippen LogP contribution in [0.1, 0.15) is 58.8 Å². The predicted molar refractivity (Wildman–Crippen MR) is 94.0 cm³/mol. The van der Waals surface area contributed by atoms with Crippen LogP contribution in [0.5, 0.6) is 0 Å². The second kappa shape index (κ2) is 8.83. The number of carbonyl (C=O) groups excluding carboxylic acids is 1. The summed E-state index contributed by atoms with van der Waals surface area (Å²) in [5, 5.41) is 2.87. The van der Waals surface area contributed by atoms with E-state index in [4.69, 9.17) is 9.57 Å². The fourth-order valence-electron chi connectivity index (χ4n) is 4.74. The van der Waals surface area contributed by atoms with Crippen LogP contribution in [0.4, 0.5) is 17.6 Å². The third kappa shape index (κ3) is 4.97. The van der Waals surface area contributed by atoms with E-state index in [0.717, 1.165) is 0 Å². The van der Waals surface area contributed by atoms with Crippen molar-refractivity contribution in [3.05, 3.63) is 0 Å². The molecule has 0 aromatic carbocycles. The fraction of sp³-hybridized carbons (Fsp3) is 0.947. The monoisotopic (exact) mass is 410 g/mol. The number of ether oxygens (including phenoxy) is 1. The molecule has 3 aliphatic rings. The van der Waals surface area contributed by atoms with Gasteiger partial charge in [0, 0.05) is 18.5 Å². The molecule has 9 heteroatoms. The molecule has 3 rings (SSSR count). The molecular weight excluding hydrogens is 380 g/mol. The van der Waals surface area contributed by atoms with Gasteiger partial charge in [0.1, 0.15) is 6.17 Å². The highest BCUT2D eigenvalue weighted by Crippen LogP contribution is 2.41. The number of rotatable bonds is 4. The molecule has 2 aliphatic carbocycles. The second-order valence-electron chi connectivity index (χ2n) is 8.44. The standard InChI is InChI=1S/C19H30F4N2O3/c1-10-17(11(2)28-25-10)18(26)24-12-7-8-16(14(20)9-12)27-15-6-4-3-5-13(15)19(21,22)23/h10-17,25H,3-9H2,1-2H3,(H,24,26). The minimum Gasteiger partial charge on any atom is -0.371 e. The Balaban J connectivity index is 1.51. The van der Waals surface area contributed by atoms with Gasteiger partial charge in [0.25, 0.3) is 0 Å². The van der Waals surface area contributed by atoms with E-state index in [-0.39, 0.29) is 42.9 Å². The summed E-state index contributed by atoms with van der Waals surface area (Å²) in [6.45, 7) is 3.64. The fourth-order valence-corrected chi connectivity index (χ4v) is 4.74. The van der Waals surface area contributed by atoms with Gasteiger partial charge in [0.15, 0.2) is 0 Å². The van der Waals surface area contributed by atoms with Gasteiger partial charge in [-0.3, -0.25) is 9.63 Å². The third-order valence-electron chi connectivity index (χ3n) is 6.32. The summed E-state index contributed by atoms with van der Waals surface area (Å²) in [5.41, 5.74) is 2.77. The molecule has 8 atom stereocenters. The van der Waals surface area contributed by atoms with Gasteiger partial charge in [0.05, 0.1) is 30.1 Å². The van der Waals surface area contributed by atoms with Crippen molar-refractivity contribution in [1.29, 1.82) is 0 Å². The van der Waals surface area contributed by atoms with Crippen LogP contribution in [0.15, 0.2) is 0 Å². The van der Waals surface area contributed by atoms with Crippen molar-refractivity contribution in [1.82, 2.24) is 10.8 Å². The summed E-state index contributed by atoms with van der Waals surface area (Å²) in [5.74, 6) is -2.06. The Morgan fingerprint density at radius 2 is 1.82 bits per heavy atom. The molecule has 28 heavy (non-hydrogen) atoms. The molecule has 1 aliphatic heterocycles. The summed E-state index contributed by atoms with van der Waals surface area (Å²) >= 11 is 0. The van der Waals surface area contributed by atoms with Gasteiger partial charge in [-0.25, -0.2) is 4.39 Å². The number of carbonyl (C=O) groups is 1. The molecule has 5 nitrogen and oxygen atoms in total. The number of hydrogen-bond acceptors (Lipinski definition) is 4. The molecule has 2 N–H and O–H groups in total. The molecule has 0 spiro atoms. The molecule has 1 saturated heterocycles. The third-order valence-corrected chi connectivity index (χ3v) is 6.32. The summed E-state index contributed by atoms with van der Waals surface area (Å²) in [6, 6.07) is -0.478. The topological polar surface area (TPSA) is 59.6 Å². The van der Waals surface area contributed by atoms with Crippen molar-refractivity contribution < 1.29 is 31.9 Å². The summed E-state index contributed by atoms with van der Waals surface area (Å²) in [6.07, 6.45) is -5.36. The Hall–Kier alpha value is -0.930. The van der Waals surface area contributed by atoms with Gasteiger partial charge in [-0.1, -0.05) is 12.8 Å². The quantitative estimate of drug-likeness (QED) is 0.698. The number of alkyl halides is 4. The first kappa shape index (κ1) is 21.8. The zero-order valence-electron chi connectivity index (χ0n) is 16.3. The van der Waals surface area contributed by atoms with Crippen molar-refractivity contribution in [2.75, 3.05) is 0 Å². The lowest BCUT2D eigenvalue weighted by Gasteiger charge is -2.39. The summed E-state index contributed by atoms with van der Waals surface area (Å²) < 4.78 is 60.0. The van der Waals surface area contributed by atoms with Crippen molar-refractivity contribution in [2.24, 2.45) is 11.8 Å². The van der Waals surface area contributed by atoms with Crippen molar-refractivity contribution in [3.8, 4) is 0 Å². The van der Waals surface area contributed by atoms with E-state index >= 15 is 0 Å².